The number of nitrogens with one attached hydrogen (secondary N) is 2. The van der Waals surface area contributed by atoms with Gasteiger partial charge in [0.25, 0.3) is 0 Å². The van der Waals surface area contributed by atoms with Crippen molar-refractivity contribution in [2.24, 2.45) is 0 Å². The van der Waals surface area contributed by atoms with Gasteiger partial charge in [0.1, 0.15) is 0 Å². The summed E-state index contributed by atoms with van der Waals surface area (Å²) in [6, 6.07) is 19.2. The van der Waals surface area contributed by atoms with Gasteiger partial charge in [-0.25, -0.2) is 0 Å². The number of benzene rings is 2. The molecule has 4 heteroatoms. The molecule has 0 spiro atoms. The summed E-state index contributed by atoms with van der Waals surface area (Å²) < 4.78 is 0. The highest BCUT2D eigenvalue weighted by atomic mass is 16.3. The number of aliphatic hydroxyl groups is 1. The van der Waals surface area contributed by atoms with Crippen LogP contribution in [-0.2, 0) is 4.79 Å². The maximum absolute atomic E-state index is 12.0. The van der Waals surface area contributed by atoms with E-state index in [-0.39, 0.29) is 18.0 Å². The van der Waals surface area contributed by atoms with Gasteiger partial charge >= 0.3 is 0 Å². The van der Waals surface area contributed by atoms with Gasteiger partial charge in [0.15, 0.2) is 0 Å². The van der Waals surface area contributed by atoms with Gasteiger partial charge in [-0.05, 0) is 38.0 Å². The molecule has 0 fully saturated rings. The van der Waals surface area contributed by atoms with Gasteiger partial charge in [-0.3, -0.25) is 4.79 Å². The highest BCUT2D eigenvalue weighted by Gasteiger charge is 2.16. The van der Waals surface area contributed by atoms with Gasteiger partial charge in [-0.15, -0.1) is 0 Å². The van der Waals surface area contributed by atoms with E-state index in [1.54, 1.807) is 0 Å². The van der Waals surface area contributed by atoms with Crippen molar-refractivity contribution in [2.45, 2.75) is 44.9 Å². The van der Waals surface area contributed by atoms with E-state index in [4.69, 9.17) is 0 Å². The van der Waals surface area contributed by atoms with Crippen molar-refractivity contribution in [2.75, 3.05) is 5.32 Å². The van der Waals surface area contributed by atoms with Crippen LogP contribution in [0.5, 0.6) is 0 Å². The second-order valence-corrected chi connectivity index (χ2v) is 6.25. The minimum Gasteiger partial charge on any atom is -0.388 e. The maximum atomic E-state index is 12.0. The monoisotopic (exact) mass is 326 g/mol. The van der Waals surface area contributed by atoms with E-state index >= 15 is 0 Å². The zero-order valence-corrected chi connectivity index (χ0v) is 14.3. The Morgan fingerprint density at radius 3 is 2.17 bits per heavy atom. The number of hydrogen-bond acceptors (Lipinski definition) is 3. The van der Waals surface area contributed by atoms with Gasteiger partial charge < -0.3 is 15.7 Å². The fraction of sp³-hybridized carbons (Fsp3) is 0.350. The van der Waals surface area contributed by atoms with Crippen LogP contribution >= 0.6 is 0 Å². The molecule has 3 N–H and O–H groups in total. The Morgan fingerprint density at radius 2 is 1.54 bits per heavy atom. The average Bonchev–Trinajstić information content (AvgIpc) is 2.56. The summed E-state index contributed by atoms with van der Waals surface area (Å²) in [6.45, 7) is 4.01. The van der Waals surface area contributed by atoms with E-state index in [1.807, 2.05) is 74.5 Å². The summed E-state index contributed by atoms with van der Waals surface area (Å²) in [5, 5.41) is 16.5. The van der Waals surface area contributed by atoms with Crippen LogP contribution < -0.4 is 10.6 Å². The Kier molecular flexibility index (Phi) is 6.97. The Labute approximate surface area is 143 Å². The molecule has 4 nitrogen and oxygen atoms in total. The molecule has 24 heavy (non-hydrogen) atoms. The molecule has 0 aliphatic carbocycles. The van der Waals surface area contributed by atoms with Crippen LogP contribution in [0.1, 0.15) is 38.4 Å². The molecule has 0 saturated heterocycles. The molecule has 0 radical (unpaired) electrons. The molecule has 2 aromatic carbocycles. The van der Waals surface area contributed by atoms with E-state index in [0.717, 1.165) is 11.3 Å². The van der Waals surface area contributed by atoms with Crippen LogP contribution in [0.15, 0.2) is 60.7 Å². The van der Waals surface area contributed by atoms with Crippen LogP contribution in [-0.4, -0.2) is 23.1 Å². The van der Waals surface area contributed by atoms with Crippen molar-refractivity contribution >= 4 is 11.6 Å². The first-order valence-corrected chi connectivity index (χ1v) is 8.38. The minimum atomic E-state index is -0.501. The zero-order valence-electron chi connectivity index (χ0n) is 14.3. The van der Waals surface area contributed by atoms with Crippen LogP contribution in [0.2, 0.25) is 0 Å². The lowest BCUT2D eigenvalue weighted by atomic mass is 10.0. The molecule has 2 aromatic rings. The van der Waals surface area contributed by atoms with Crippen LogP contribution in [0.25, 0.3) is 0 Å². The topological polar surface area (TPSA) is 61.4 Å². The third-order valence-electron chi connectivity index (χ3n) is 3.88. The molecule has 3 atom stereocenters. The van der Waals surface area contributed by atoms with Crippen molar-refractivity contribution in [3.63, 3.8) is 0 Å². The van der Waals surface area contributed by atoms with Gasteiger partial charge in [0.05, 0.1) is 6.10 Å². The number of anilines is 1. The number of aliphatic hydroxyl groups excluding tert-OH is 1. The van der Waals surface area contributed by atoms with Crippen LogP contribution in [0.4, 0.5) is 5.69 Å². The molecule has 2 rings (SSSR count). The molecule has 0 aliphatic rings. The summed E-state index contributed by atoms with van der Waals surface area (Å²) in [5.74, 6) is -0.0167. The Bertz CT molecular complexity index is 616. The van der Waals surface area contributed by atoms with Gasteiger partial charge in [0, 0.05) is 24.2 Å². The summed E-state index contributed by atoms with van der Waals surface area (Å²) in [6.07, 6.45) is 0.494. The normalized spacial score (nSPS) is 14.6. The number of rotatable bonds is 8. The second kappa shape index (κ2) is 9.21. The molecule has 3 unspecified atom stereocenters. The SMILES string of the molecule is CC(CC(=O)Nc1ccccc1)NC(C)CC(O)c1ccccc1. The van der Waals surface area contributed by atoms with Crippen molar-refractivity contribution in [3.8, 4) is 0 Å². The average molecular weight is 326 g/mol. The largest absolute Gasteiger partial charge is 0.388 e. The smallest absolute Gasteiger partial charge is 0.225 e. The summed E-state index contributed by atoms with van der Waals surface area (Å²) >= 11 is 0. The Hall–Kier alpha value is -2.17. The van der Waals surface area contributed by atoms with E-state index in [1.165, 1.54) is 0 Å². The molecular weight excluding hydrogens is 300 g/mol. The van der Waals surface area contributed by atoms with Crippen LogP contribution in [0.3, 0.4) is 0 Å². The van der Waals surface area contributed by atoms with E-state index in [2.05, 4.69) is 10.6 Å². The minimum absolute atomic E-state index is 0.0167. The molecular formula is C20H26N2O2. The molecule has 0 saturated carbocycles. The van der Waals surface area contributed by atoms with Gasteiger partial charge in [-0.1, -0.05) is 48.5 Å². The first-order valence-electron chi connectivity index (χ1n) is 8.38. The van der Waals surface area contributed by atoms with Crippen molar-refractivity contribution in [1.82, 2.24) is 5.32 Å². The number of hydrogen-bond donors (Lipinski definition) is 3. The fourth-order valence-corrected chi connectivity index (χ4v) is 2.77. The lowest BCUT2D eigenvalue weighted by Crippen LogP contribution is -2.37. The van der Waals surface area contributed by atoms with E-state index < -0.39 is 6.10 Å². The second-order valence-electron chi connectivity index (χ2n) is 6.25. The van der Waals surface area contributed by atoms with Crippen LogP contribution in [0, 0.1) is 0 Å². The molecule has 128 valence electrons. The number of carbonyl (C=O) groups is 1. The van der Waals surface area contributed by atoms with Crippen molar-refractivity contribution < 1.29 is 9.90 Å². The number of carbonyl (C=O) groups excluding carboxylic acids is 1. The quantitative estimate of drug-likeness (QED) is 0.696. The Balaban J connectivity index is 1.75. The third kappa shape index (κ3) is 6.14. The third-order valence-corrected chi connectivity index (χ3v) is 3.88. The Morgan fingerprint density at radius 1 is 0.958 bits per heavy atom. The highest BCUT2D eigenvalue weighted by molar-refractivity contribution is 5.90. The van der Waals surface area contributed by atoms with Crippen molar-refractivity contribution in [1.29, 1.82) is 0 Å². The molecule has 0 heterocycles. The zero-order chi connectivity index (χ0) is 17.4. The standard InChI is InChI=1S/C20H26N2O2/c1-15(13-19(23)17-9-5-3-6-10-17)21-16(2)14-20(24)22-18-11-7-4-8-12-18/h3-12,15-16,19,21,23H,13-14H2,1-2H3,(H,22,24). The predicted molar refractivity (Wildman–Crippen MR) is 97.8 cm³/mol. The maximum Gasteiger partial charge on any atom is 0.225 e. The summed E-state index contributed by atoms with van der Waals surface area (Å²) in [4.78, 5) is 12.0. The first kappa shape index (κ1) is 18.2. The number of amides is 1. The number of para-hydroxylation sites is 1. The fourth-order valence-electron chi connectivity index (χ4n) is 2.77. The molecule has 0 aromatic heterocycles. The van der Waals surface area contributed by atoms with Crippen molar-refractivity contribution in [3.05, 3.63) is 66.2 Å². The summed E-state index contributed by atoms with van der Waals surface area (Å²) in [5.41, 5.74) is 1.72. The lowest BCUT2D eigenvalue weighted by Gasteiger charge is -2.22. The first-order chi connectivity index (χ1) is 11.5. The van der Waals surface area contributed by atoms with E-state index in [0.29, 0.717) is 12.8 Å². The lowest BCUT2D eigenvalue weighted by molar-refractivity contribution is -0.116. The highest BCUT2D eigenvalue weighted by Crippen LogP contribution is 2.18. The predicted octanol–water partition coefficient (Wildman–Crippen LogP) is 3.51. The van der Waals surface area contributed by atoms with E-state index in [9.17, 15) is 9.90 Å². The molecule has 1 amide bonds. The molecule has 0 aliphatic heterocycles. The van der Waals surface area contributed by atoms with Gasteiger partial charge in [-0.2, -0.15) is 0 Å². The molecule has 0 bridgehead atoms. The van der Waals surface area contributed by atoms with Gasteiger partial charge in [0.2, 0.25) is 5.91 Å². The summed E-state index contributed by atoms with van der Waals surface area (Å²) in [7, 11) is 0.